The normalized spacial score (nSPS) is 30.6. The topological polar surface area (TPSA) is 9.23 Å². The van der Waals surface area contributed by atoms with Crippen LogP contribution >= 0.6 is 11.6 Å². The molecule has 0 aliphatic heterocycles. The molecular formula is C12H17ClO. The maximum Gasteiger partial charge on any atom is 0.170 e. The number of rotatable bonds is 5. The number of halogens is 1. The fourth-order valence-electron chi connectivity index (χ4n) is 1.37. The lowest BCUT2D eigenvalue weighted by atomic mass is 9.97. The molecule has 1 aliphatic rings. The molecule has 0 heterocycles. The molecule has 0 saturated heterocycles. The Labute approximate surface area is 91.1 Å². The van der Waals surface area contributed by atoms with Gasteiger partial charge in [0.2, 0.25) is 0 Å². The summed E-state index contributed by atoms with van der Waals surface area (Å²) >= 11 is 6.35. The SMILES string of the molecule is C=CC1C=CC=CC1(Cl)OCCCC. The Kier molecular flexibility index (Phi) is 4.43. The zero-order valence-corrected chi connectivity index (χ0v) is 9.33. The first-order valence-electron chi connectivity index (χ1n) is 5.04. The van der Waals surface area contributed by atoms with E-state index in [9.17, 15) is 0 Å². The monoisotopic (exact) mass is 212 g/mol. The lowest BCUT2D eigenvalue weighted by molar-refractivity contribution is 0.0341. The molecule has 14 heavy (non-hydrogen) atoms. The van der Waals surface area contributed by atoms with Gasteiger partial charge in [0, 0.05) is 12.5 Å². The predicted molar refractivity (Wildman–Crippen MR) is 61.4 cm³/mol. The quantitative estimate of drug-likeness (QED) is 0.384. The van der Waals surface area contributed by atoms with Crippen molar-refractivity contribution < 1.29 is 4.74 Å². The number of hydrogen-bond donors (Lipinski definition) is 0. The van der Waals surface area contributed by atoms with Crippen molar-refractivity contribution in [1.82, 2.24) is 0 Å². The number of hydrogen-bond acceptors (Lipinski definition) is 1. The van der Waals surface area contributed by atoms with Crippen LogP contribution in [0.2, 0.25) is 0 Å². The molecule has 0 N–H and O–H groups in total. The summed E-state index contributed by atoms with van der Waals surface area (Å²) in [7, 11) is 0. The molecule has 1 rings (SSSR count). The smallest absolute Gasteiger partial charge is 0.170 e. The Balaban J connectivity index is 2.56. The summed E-state index contributed by atoms with van der Waals surface area (Å²) in [6.07, 6.45) is 11.7. The molecule has 0 radical (unpaired) electrons. The minimum atomic E-state index is -0.717. The first kappa shape index (κ1) is 11.5. The van der Waals surface area contributed by atoms with Crippen LogP contribution in [0.5, 0.6) is 0 Å². The molecule has 2 atom stereocenters. The van der Waals surface area contributed by atoms with E-state index in [0.29, 0.717) is 6.61 Å². The van der Waals surface area contributed by atoms with Crippen LogP contribution in [0.25, 0.3) is 0 Å². The molecule has 0 aromatic rings. The highest BCUT2D eigenvalue weighted by Gasteiger charge is 2.32. The Morgan fingerprint density at radius 1 is 1.57 bits per heavy atom. The van der Waals surface area contributed by atoms with Gasteiger partial charge in [-0.2, -0.15) is 0 Å². The fourth-order valence-corrected chi connectivity index (χ4v) is 1.68. The number of allylic oxidation sites excluding steroid dienone is 2. The van der Waals surface area contributed by atoms with Gasteiger partial charge in [-0.1, -0.05) is 49.2 Å². The Hall–Kier alpha value is -0.530. The molecule has 1 aliphatic carbocycles. The molecule has 0 saturated carbocycles. The van der Waals surface area contributed by atoms with Gasteiger partial charge < -0.3 is 4.74 Å². The molecule has 0 aromatic carbocycles. The first-order valence-corrected chi connectivity index (χ1v) is 5.42. The summed E-state index contributed by atoms with van der Waals surface area (Å²) in [5.41, 5.74) is 0. The van der Waals surface area contributed by atoms with E-state index < -0.39 is 5.06 Å². The van der Waals surface area contributed by atoms with Crippen molar-refractivity contribution in [2.75, 3.05) is 6.61 Å². The molecule has 2 heteroatoms. The minimum absolute atomic E-state index is 0.0611. The van der Waals surface area contributed by atoms with Crippen molar-refractivity contribution in [2.24, 2.45) is 5.92 Å². The van der Waals surface area contributed by atoms with Gasteiger partial charge in [-0.15, -0.1) is 6.58 Å². The second kappa shape index (κ2) is 5.38. The third kappa shape index (κ3) is 2.73. The maximum absolute atomic E-state index is 6.35. The third-order valence-corrected chi connectivity index (χ3v) is 2.77. The summed E-state index contributed by atoms with van der Waals surface area (Å²) in [4.78, 5) is 0. The Morgan fingerprint density at radius 3 is 3.00 bits per heavy atom. The van der Waals surface area contributed by atoms with Crippen LogP contribution in [0, 0.1) is 5.92 Å². The number of unbranched alkanes of at least 4 members (excludes halogenated alkanes) is 1. The van der Waals surface area contributed by atoms with Gasteiger partial charge >= 0.3 is 0 Å². The van der Waals surface area contributed by atoms with Crippen LogP contribution in [-0.2, 0) is 4.74 Å². The van der Waals surface area contributed by atoms with Gasteiger partial charge in [-0.3, -0.25) is 0 Å². The van der Waals surface area contributed by atoms with Gasteiger partial charge in [0.15, 0.2) is 5.06 Å². The summed E-state index contributed by atoms with van der Waals surface area (Å²) in [6, 6.07) is 0. The molecule has 0 bridgehead atoms. The second-order valence-corrected chi connectivity index (χ2v) is 4.00. The average molecular weight is 213 g/mol. The second-order valence-electron chi connectivity index (χ2n) is 3.41. The van der Waals surface area contributed by atoms with Crippen LogP contribution in [0.4, 0.5) is 0 Å². The molecule has 0 aromatic heterocycles. The van der Waals surface area contributed by atoms with E-state index in [1.807, 2.05) is 30.4 Å². The van der Waals surface area contributed by atoms with Crippen molar-refractivity contribution in [3.63, 3.8) is 0 Å². The summed E-state index contributed by atoms with van der Waals surface area (Å²) in [5, 5.41) is -0.717. The minimum Gasteiger partial charge on any atom is -0.355 e. The third-order valence-electron chi connectivity index (χ3n) is 2.28. The van der Waals surface area contributed by atoms with Gasteiger partial charge in [0.25, 0.3) is 0 Å². The molecule has 1 nitrogen and oxygen atoms in total. The molecule has 0 amide bonds. The average Bonchev–Trinajstić information content (AvgIpc) is 2.19. The Morgan fingerprint density at radius 2 is 2.36 bits per heavy atom. The molecule has 0 fully saturated rings. The molecular weight excluding hydrogens is 196 g/mol. The van der Waals surface area contributed by atoms with Crippen molar-refractivity contribution in [3.8, 4) is 0 Å². The highest BCUT2D eigenvalue weighted by molar-refractivity contribution is 6.24. The molecule has 2 unspecified atom stereocenters. The highest BCUT2D eigenvalue weighted by Crippen LogP contribution is 2.33. The maximum atomic E-state index is 6.35. The number of ether oxygens (including phenoxy) is 1. The van der Waals surface area contributed by atoms with E-state index in [1.54, 1.807) is 0 Å². The van der Waals surface area contributed by atoms with E-state index in [2.05, 4.69) is 13.5 Å². The first-order chi connectivity index (χ1) is 6.73. The van der Waals surface area contributed by atoms with E-state index in [-0.39, 0.29) is 5.92 Å². The largest absolute Gasteiger partial charge is 0.355 e. The van der Waals surface area contributed by atoms with E-state index in [4.69, 9.17) is 16.3 Å². The lowest BCUT2D eigenvalue weighted by Gasteiger charge is -2.30. The summed E-state index contributed by atoms with van der Waals surface area (Å²) in [5.74, 6) is 0.0611. The van der Waals surface area contributed by atoms with Crippen molar-refractivity contribution in [3.05, 3.63) is 37.0 Å². The van der Waals surface area contributed by atoms with Crippen molar-refractivity contribution >= 4 is 11.6 Å². The van der Waals surface area contributed by atoms with Gasteiger partial charge in [0.05, 0.1) is 0 Å². The van der Waals surface area contributed by atoms with Gasteiger partial charge in [-0.05, 0) is 12.5 Å². The van der Waals surface area contributed by atoms with Crippen LogP contribution in [0.3, 0.4) is 0 Å². The fraction of sp³-hybridized carbons (Fsp3) is 0.500. The standard InChI is InChI=1S/C12H17ClO/c1-3-5-10-14-12(13)9-7-6-8-11(12)4-2/h4,6-9,11H,2-3,5,10H2,1H3. The zero-order valence-electron chi connectivity index (χ0n) is 8.58. The highest BCUT2D eigenvalue weighted by atomic mass is 35.5. The van der Waals surface area contributed by atoms with Crippen LogP contribution in [-0.4, -0.2) is 11.7 Å². The van der Waals surface area contributed by atoms with E-state index in [0.717, 1.165) is 12.8 Å². The van der Waals surface area contributed by atoms with E-state index >= 15 is 0 Å². The number of alkyl halides is 1. The van der Waals surface area contributed by atoms with Crippen LogP contribution in [0.1, 0.15) is 19.8 Å². The van der Waals surface area contributed by atoms with Gasteiger partial charge in [0.1, 0.15) is 0 Å². The van der Waals surface area contributed by atoms with Crippen molar-refractivity contribution in [1.29, 1.82) is 0 Å². The molecule has 0 spiro atoms. The zero-order chi connectivity index (χ0) is 10.4. The Bertz CT molecular complexity index is 245. The summed E-state index contributed by atoms with van der Waals surface area (Å²) < 4.78 is 5.67. The molecule has 78 valence electrons. The van der Waals surface area contributed by atoms with Gasteiger partial charge in [-0.25, -0.2) is 0 Å². The van der Waals surface area contributed by atoms with Crippen LogP contribution in [0.15, 0.2) is 37.0 Å². The predicted octanol–water partition coefficient (Wildman–Crippen LogP) is 3.67. The van der Waals surface area contributed by atoms with E-state index in [1.165, 1.54) is 0 Å². The van der Waals surface area contributed by atoms with Crippen molar-refractivity contribution in [2.45, 2.75) is 24.8 Å². The summed E-state index contributed by atoms with van der Waals surface area (Å²) in [6.45, 7) is 6.59. The van der Waals surface area contributed by atoms with Crippen LogP contribution < -0.4 is 0 Å². The lowest BCUT2D eigenvalue weighted by Crippen LogP contribution is -2.32.